The van der Waals surface area contributed by atoms with Crippen molar-refractivity contribution < 1.29 is 23.9 Å². The van der Waals surface area contributed by atoms with Gasteiger partial charge in [-0.2, -0.15) is 5.06 Å². The van der Waals surface area contributed by atoms with E-state index in [2.05, 4.69) is 0 Å². The topological polar surface area (TPSA) is 65.1 Å². The molecule has 18 heavy (non-hydrogen) atoms. The Labute approximate surface area is 106 Å². The number of hydroxylamine groups is 2. The summed E-state index contributed by atoms with van der Waals surface area (Å²) in [5, 5.41) is 1.74. The summed E-state index contributed by atoms with van der Waals surface area (Å²) in [5.41, 5.74) is -1.28. The van der Waals surface area contributed by atoms with Crippen LogP contribution in [0.3, 0.4) is 0 Å². The molecule has 0 N–H and O–H groups in total. The van der Waals surface area contributed by atoms with Crippen LogP contribution in [0.1, 0.15) is 26.2 Å². The van der Waals surface area contributed by atoms with E-state index in [-0.39, 0.29) is 6.04 Å². The minimum Gasteiger partial charge on any atom is -0.469 e. The van der Waals surface area contributed by atoms with Gasteiger partial charge in [-0.1, -0.05) is 6.42 Å². The number of rotatable bonds is 2. The molecule has 2 heterocycles. The second-order valence-electron chi connectivity index (χ2n) is 4.89. The third kappa shape index (κ3) is 1.89. The lowest BCUT2D eigenvalue weighted by Crippen LogP contribution is -2.48. The van der Waals surface area contributed by atoms with E-state index < -0.39 is 23.5 Å². The zero-order valence-electron chi connectivity index (χ0n) is 11.0. The number of nitrogens with zero attached hydrogens (tertiary/aromatic N) is 1. The molecule has 0 radical (unpaired) electrons. The number of esters is 2. The van der Waals surface area contributed by atoms with Crippen molar-refractivity contribution in [2.75, 3.05) is 20.8 Å². The van der Waals surface area contributed by atoms with Crippen LogP contribution in [0, 0.1) is 5.92 Å². The van der Waals surface area contributed by atoms with Gasteiger partial charge in [0.05, 0.1) is 20.3 Å². The second-order valence-corrected chi connectivity index (χ2v) is 4.89. The monoisotopic (exact) mass is 257 g/mol. The molecule has 2 saturated heterocycles. The van der Waals surface area contributed by atoms with Crippen molar-refractivity contribution in [1.29, 1.82) is 0 Å². The molecule has 2 rings (SSSR count). The first kappa shape index (κ1) is 13.3. The van der Waals surface area contributed by atoms with Crippen LogP contribution in [-0.2, 0) is 23.9 Å². The van der Waals surface area contributed by atoms with Crippen molar-refractivity contribution in [3.8, 4) is 0 Å². The van der Waals surface area contributed by atoms with Crippen molar-refractivity contribution >= 4 is 11.9 Å². The van der Waals surface area contributed by atoms with Crippen LogP contribution in [0.25, 0.3) is 0 Å². The summed E-state index contributed by atoms with van der Waals surface area (Å²) in [5.74, 6) is -1.58. The van der Waals surface area contributed by atoms with Crippen molar-refractivity contribution in [1.82, 2.24) is 5.06 Å². The van der Waals surface area contributed by atoms with E-state index in [1.54, 1.807) is 12.0 Å². The van der Waals surface area contributed by atoms with Gasteiger partial charge in [-0.3, -0.25) is 9.63 Å². The third-order valence-electron chi connectivity index (χ3n) is 3.83. The number of fused-ring (bicyclic) bond motifs is 1. The molecule has 0 aromatic rings. The van der Waals surface area contributed by atoms with E-state index in [0.29, 0.717) is 0 Å². The minimum absolute atomic E-state index is 0.102. The highest BCUT2D eigenvalue weighted by Crippen LogP contribution is 2.42. The molecule has 0 spiro atoms. The van der Waals surface area contributed by atoms with E-state index in [0.717, 1.165) is 25.8 Å². The van der Waals surface area contributed by atoms with Gasteiger partial charge in [0.15, 0.2) is 5.60 Å². The van der Waals surface area contributed by atoms with E-state index in [4.69, 9.17) is 14.3 Å². The molecular formula is C12H19NO5. The summed E-state index contributed by atoms with van der Waals surface area (Å²) in [7, 11) is 2.62. The molecule has 3 atom stereocenters. The summed E-state index contributed by atoms with van der Waals surface area (Å²) in [6.45, 7) is 2.32. The van der Waals surface area contributed by atoms with Crippen molar-refractivity contribution in [2.24, 2.45) is 5.92 Å². The second kappa shape index (κ2) is 4.85. The van der Waals surface area contributed by atoms with E-state index in [9.17, 15) is 9.59 Å². The zero-order chi connectivity index (χ0) is 13.3. The highest BCUT2D eigenvalue weighted by atomic mass is 16.7. The summed E-state index contributed by atoms with van der Waals surface area (Å²) in [6, 6.07) is -0.102. The first-order valence-electron chi connectivity index (χ1n) is 6.16. The molecule has 6 nitrogen and oxygen atoms in total. The number of hydrogen-bond acceptors (Lipinski definition) is 6. The molecule has 2 aliphatic rings. The number of hydrogen-bond donors (Lipinski definition) is 0. The predicted molar refractivity (Wildman–Crippen MR) is 61.4 cm³/mol. The lowest BCUT2D eigenvalue weighted by molar-refractivity contribution is -0.221. The Hall–Kier alpha value is -1.14. The standard InChI is InChI=1S/C12H19NO5/c1-12(11(15)17-3)9(10(14)16-2)8-6-4-5-7-13(8)18-12/h8-9H,4-7H2,1-3H3/t8-,9-,12-/m1/s1. The Kier molecular flexibility index (Phi) is 3.59. The maximum Gasteiger partial charge on any atom is 0.340 e. The molecule has 2 fully saturated rings. The van der Waals surface area contributed by atoms with Crippen molar-refractivity contribution in [2.45, 2.75) is 37.8 Å². The number of piperidine rings is 1. The quantitative estimate of drug-likeness (QED) is 0.671. The summed E-state index contributed by atoms with van der Waals surface area (Å²) in [6.07, 6.45) is 2.85. The van der Waals surface area contributed by atoms with E-state index in [1.807, 2.05) is 0 Å². The van der Waals surface area contributed by atoms with Gasteiger partial charge in [-0.05, 0) is 19.8 Å². The number of carbonyl (C=O) groups is 2. The molecule has 0 amide bonds. The fourth-order valence-electron chi connectivity index (χ4n) is 2.92. The Morgan fingerprint density at radius 3 is 2.61 bits per heavy atom. The van der Waals surface area contributed by atoms with Gasteiger partial charge < -0.3 is 9.47 Å². The van der Waals surface area contributed by atoms with Crippen molar-refractivity contribution in [3.05, 3.63) is 0 Å². The lowest BCUT2D eigenvalue weighted by Gasteiger charge is -2.28. The average molecular weight is 257 g/mol. The smallest absolute Gasteiger partial charge is 0.340 e. The Morgan fingerprint density at radius 1 is 1.28 bits per heavy atom. The van der Waals surface area contributed by atoms with Crippen LogP contribution in [0.2, 0.25) is 0 Å². The highest BCUT2D eigenvalue weighted by Gasteiger charge is 2.61. The molecule has 0 aliphatic carbocycles. The van der Waals surface area contributed by atoms with Crippen LogP contribution < -0.4 is 0 Å². The van der Waals surface area contributed by atoms with Gasteiger partial charge in [-0.15, -0.1) is 0 Å². The first-order valence-corrected chi connectivity index (χ1v) is 6.16. The van der Waals surface area contributed by atoms with Gasteiger partial charge >= 0.3 is 11.9 Å². The molecule has 0 unspecified atom stereocenters. The fraction of sp³-hybridized carbons (Fsp3) is 0.833. The Balaban J connectivity index is 2.33. The van der Waals surface area contributed by atoms with Crippen molar-refractivity contribution in [3.63, 3.8) is 0 Å². The SMILES string of the molecule is COC(=O)[C@H]1[C@H]2CCCCN2O[C@@]1(C)C(=O)OC. The van der Waals surface area contributed by atoms with Crippen LogP contribution in [0.5, 0.6) is 0 Å². The average Bonchev–Trinajstić information content (AvgIpc) is 2.70. The Morgan fingerprint density at radius 2 is 2.00 bits per heavy atom. The fourth-order valence-corrected chi connectivity index (χ4v) is 2.92. The van der Waals surface area contributed by atoms with Gasteiger partial charge in [0, 0.05) is 6.54 Å². The minimum atomic E-state index is -1.28. The Bertz CT molecular complexity index is 358. The predicted octanol–water partition coefficient (Wildman–Crippen LogP) is 0.507. The molecule has 0 bridgehead atoms. The van der Waals surface area contributed by atoms with Gasteiger partial charge in [0.2, 0.25) is 0 Å². The summed E-state index contributed by atoms with van der Waals surface area (Å²) < 4.78 is 9.59. The van der Waals surface area contributed by atoms with Crippen LogP contribution in [0.4, 0.5) is 0 Å². The molecule has 2 aliphatic heterocycles. The normalized spacial score (nSPS) is 35.9. The van der Waals surface area contributed by atoms with Crippen LogP contribution in [-0.4, -0.2) is 49.4 Å². The van der Waals surface area contributed by atoms with E-state index in [1.165, 1.54) is 14.2 Å². The largest absolute Gasteiger partial charge is 0.469 e. The number of methoxy groups -OCH3 is 2. The third-order valence-corrected chi connectivity index (χ3v) is 3.83. The summed E-state index contributed by atoms with van der Waals surface area (Å²) >= 11 is 0. The molecule has 0 aromatic heterocycles. The van der Waals surface area contributed by atoms with Crippen LogP contribution in [0.15, 0.2) is 0 Å². The molecule has 102 valence electrons. The first-order chi connectivity index (χ1) is 8.54. The number of ether oxygens (including phenoxy) is 2. The zero-order valence-corrected chi connectivity index (χ0v) is 11.0. The molecule has 0 aromatic carbocycles. The highest BCUT2D eigenvalue weighted by molar-refractivity contribution is 5.88. The molecular weight excluding hydrogens is 238 g/mol. The lowest BCUT2D eigenvalue weighted by atomic mass is 9.81. The molecule has 0 saturated carbocycles. The summed E-state index contributed by atoms with van der Waals surface area (Å²) in [4.78, 5) is 29.6. The maximum atomic E-state index is 12.0. The van der Waals surface area contributed by atoms with E-state index >= 15 is 0 Å². The van der Waals surface area contributed by atoms with Gasteiger partial charge in [0.1, 0.15) is 5.92 Å². The molecule has 6 heteroatoms. The van der Waals surface area contributed by atoms with Gasteiger partial charge in [0.25, 0.3) is 0 Å². The van der Waals surface area contributed by atoms with Crippen LogP contribution >= 0.6 is 0 Å². The van der Waals surface area contributed by atoms with Gasteiger partial charge in [-0.25, -0.2) is 4.79 Å². The maximum absolute atomic E-state index is 12.0. The number of carbonyl (C=O) groups excluding carboxylic acids is 2.